The summed E-state index contributed by atoms with van der Waals surface area (Å²) in [5.41, 5.74) is 2.52. The summed E-state index contributed by atoms with van der Waals surface area (Å²) >= 11 is 0. The molecule has 0 spiro atoms. The quantitative estimate of drug-likeness (QED) is 0.369. The number of methoxy groups -OCH3 is 2. The Bertz CT molecular complexity index is 1520. The monoisotopic (exact) mass is 500 g/mol. The highest BCUT2D eigenvalue weighted by Gasteiger charge is 2.26. The molecule has 0 saturated heterocycles. The van der Waals surface area contributed by atoms with E-state index in [0.29, 0.717) is 33.5 Å². The largest absolute Gasteiger partial charge is 0.497 e. The van der Waals surface area contributed by atoms with Gasteiger partial charge in [-0.05, 0) is 30.9 Å². The minimum atomic E-state index is -1.16. The Morgan fingerprint density at radius 1 is 0.892 bits per heavy atom. The maximum atomic E-state index is 13.5. The second-order valence-electron chi connectivity index (χ2n) is 8.64. The molecule has 37 heavy (non-hydrogen) atoms. The summed E-state index contributed by atoms with van der Waals surface area (Å²) in [7, 11) is 4.53. The molecule has 4 rings (SSSR count). The van der Waals surface area contributed by atoms with E-state index in [2.05, 4.69) is 5.32 Å². The number of pyridine rings is 1. The van der Waals surface area contributed by atoms with E-state index in [-0.39, 0.29) is 11.3 Å². The van der Waals surface area contributed by atoms with Crippen LogP contribution in [0.5, 0.6) is 11.5 Å². The fourth-order valence-corrected chi connectivity index (χ4v) is 4.11. The van der Waals surface area contributed by atoms with Crippen molar-refractivity contribution in [2.45, 2.75) is 20.0 Å². The van der Waals surface area contributed by atoms with Gasteiger partial charge in [-0.2, -0.15) is 0 Å². The molecule has 0 saturated carbocycles. The molecule has 0 radical (unpaired) electrons. The number of aromatic nitrogens is 1. The van der Waals surface area contributed by atoms with E-state index in [1.54, 1.807) is 36.4 Å². The van der Waals surface area contributed by atoms with Crippen LogP contribution in [0.15, 0.2) is 71.5 Å². The summed E-state index contributed by atoms with van der Waals surface area (Å²) in [6.07, 6.45) is -1.16. The van der Waals surface area contributed by atoms with Crippen molar-refractivity contribution >= 4 is 28.3 Å². The number of nitrogens with zero attached hydrogens (tertiary/aromatic N) is 1. The zero-order chi connectivity index (χ0) is 26.7. The minimum absolute atomic E-state index is 0.0650. The molecule has 0 aliphatic carbocycles. The molecule has 0 aliphatic rings. The van der Waals surface area contributed by atoms with E-state index in [1.165, 1.54) is 32.8 Å². The predicted molar refractivity (Wildman–Crippen MR) is 142 cm³/mol. The lowest BCUT2D eigenvalue weighted by atomic mass is 9.96. The fraction of sp³-hybridized carbons (Fsp3) is 0.207. The number of benzene rings is 3. The van der Waals surface area contributed by atoms with E-state index in [4.69, 9.17) is 14.2 Å². The molecule has 190 valence electrons. The van der Waals surface area contributed by atoms with Gasteiger partial charge in [0.2, 0.25) is 0 Å². The van der Waals surface area contributed by atoms with Crippen LogP contribution in [-0.2, 0) is 16.6 Å². The maximum absolute atomic E-state index is 13.5. The number of fused-ring (bicyclic) bond motifs is 1. The number of hydrogen-bond acceptors (Lipinski definition) is 6. The molecule has 0 aliphatic heterocycles. The third kappa shape index (κ3) is 5.18. The van der Waals surface area contributed by atoms with Crippen LogP contribution in [0.25, 0.3) is 21.9 Å². The summed E-state index contributed by atoms with van der Waals surface area (Å²) < 4.78 is 17.3. The second kappa shape index (κ2) is 10.6. The summed E-state index contributed by atoms with van der Waals surface area (Å²) in [5, 5.41) is 3.82. The van der Waals surface area contributed by atoms with Gasteiger partial charge in [-0.3, -0.25) is 9.59 Å². The van der Waals surface area contributed by atoms with Crippen molar-refractivity contribution in [3.05, 3.63) is 88.3 Å². The van der Waals surface area contributed by atoms with Gasteiger partial charge in [0.25, 0.3) is 11.5 Å². The van der Waals surface area contributed by atoms with Crippen LogP contribution in [0.2, 0.25) is 0 Å². The van der Waals surface area contributed by atoms with Crippen LogP contribution >= 0.6 is 0 Å². The van der Waals surface area contributed by atoms with Crippen LogP contribution in [0.1, 0.15) is 23.0 Å². The highest BCUT2D eigenvalue weighted by molar-refractivity contribution is 6.07. The third-order valence-electron chi connectivity index (χ3n) is 6.11. The number of nitrogens with one attached hydrogen (secondary N) is 1. The van der Waals surface area contributed by atoms with Crippen molar-refractivity contribution in [3.63, 3.8) is 0 Å². The number of rotatable bonds is 7. The Labute approximate surface area is 214 Å². The van der Waals surface area contributed by atoms with E-state index in [0.717, 1.165) is 11.1 Å². The van der Waals surface area contributed by atoms with Gasteiger partial charge < -0.3 is 24.1 Å². The van der Waals surface area contributed by atoms with E-state index >= 15 is 0 Å². The number of esters is 1. The van der Waals surface area contributed by atoms with Crippen LogP contribution < -0.4 is 20.3 Å². The lowest BCUT2D eigenvalue weighted by Gasteiger charge is -2.19. The first-order valence-electron chi connectivity index (χ1n) is 11.7. The molecule has 1 amide bonds. The molecule has 0 fully saturated rings. The van der Waals surface area contributed by atoms with Gasteiger partial charge in [0.1, 0.15) is 17.2 Å². The maximum Gasteiger partial charge on any atom is 0.356 e. The van der Waals surface area contributed by atoms with Gasteiger partial charge in [-0.15, -0.1) is 0 Å². The fourth-order valence-electron chi connectivity index (χ4n) is 4.11. The molecule has 4 aromatic rings. The molecule has 8 heteroatoms. The average molecular weight is 501 g/mol. The third-order valence-corrected chi connectivity index (χ3v) is 6.11. The topological polar surface area (TPSA) is 95.9 Å². The van der Waals surface area contributed by atoms with Crippen molar-refractivity contribution in [1.29, 1.82) is 0 Å². The van der Waals surface area contributed by atoms with Crippen LogP contribution in [0.4, 0.5) is 5.69 Å². The molecule has 1 aromatic heterocycles. The van der Waals surface area contributed by atoms with Crippen molar-refractivity contribution in [2.75, 3.05) is 19.5 Å². The van der Waals surface area contributed by atoms with Crippen LogP contribution in [0.3, 0.4) is 0 Å². The van der Waals surface area contributed by atoms with Crippen LogP contribution in [0, 0.1) is 6.92 Å². The summed E-state index contributed by atoms with van der Waals surface area (Å²) in [6, 6.07) is 19.7. The highest BCUT2D eigenvalue weighted by atomic mass is 16.5. The SMILES string of the molecule is COc1cc(NC(=O)C(C)OC(=O)c2c(-c3ccc(C)cc3)c3ccccc3c(=O)n2C)cc(OC)c1. The Balaban J connectivity index is 1.70. The highest BCUT2D eigenvalue weighted by Crippen LogP contribution is 2.31. The van der Waals surface area contributed by atoms with Crippen LogP contribution in [-0.4, -0.2) is 36.8 Å². The predicted octanol–water partition coefficient (Wildman–Crippen LogP) is 4.72. The first kappa shape index (κ1) is 25.5. The molecule has 8 nitrogen and oxygen atoms in total. The lowest BCUT2D eigenvalue weighted by Crippen LogP contribution is -2.33. The first-order valence-corrected chi connectivity index (χ1v) is 11.7. The van der Waals surface area contributed by atoms with Gasteiger partial charge in [0.15, 0.2) is 6.10 Å². The van der Waals surface area contributed by atoms with Crippen molar-refractivity contribution in [2.24, 2.45) is 7.05 Å². The standard InChI is InChI=1S/C29H28N2O6/c1-17-10-12-19(13-11-17)25-23-8-6-7-9-24(23)28(33)31(3)26(25)29(34)37-18(2)27(32)30-20-14-21(35-4)16-22(15-20)36-5/h6-16,18H,1-5H3,(H,30,32). The number of carbonyl (C=O) groups is 2. The number of aryl methyl sites for hydroxylation is 1. The van der Waals surface area contributed by atoms with E-state index < -0.39 is 18.0 Å². The Morgan fingerprint density at radius 3 is 2.08 bits per heavy atom. The molecule has 1 atom stereocenters. The molecule has 1 N–H and O–H groups in total. The molecule has 3 aromatic carbocycles. The molecular weight excluding hydrogens is 472 g/mol. The minimum Gasteiger partial charge on any atom is -0.497 e. The van der Waals surface area contributed by atoms with Gasteiger partial charge in [-0.1, -0.05) is 48.0 Å². The number of anilines is 1. The Morgan fingerprint density at radius 2 is 1.49 bits per heavy atom. The van der Waals surface area contributed by atoms with E-state index in [1.807, 2.05) is 37.3 Å². The van der Waals surface area contributed by atoms with Gasteiger partial charge in [0, 0.05) is 41.9 Å². The molecule has 1 unspecified atom stereocenters. The van der Waals surface area contributed by atoms with Gasteiger partial charge in [0.05, 0.1) is 14.2 Å². The first-order chi connectivity index (χ1) is 17.7. The molecule has 1 heterocycles. The van der Waals surface area contributed by atoms with Crippen molar-refractivity contribution in [3.8, 4) is 22.6 Å². The Kier molecular flexibility index (Phi) is 7.29. The zero-order valence-electron chi connectivity index (χ0n) is 21.3. The van der Waals surface area contributed by atoms with Gasteiger partial charge >= 0.3 is 5.97 Å². The van der Waals surface area contributed by atoms with Crippen molar-refractivity contribution < 1.29 is 23.8 Å². The van der Waals surface area contributed by atoms with E-state index in [9.17, 15) is 14.4 Å². The summed E-state index contributed by atoms with van der Waals surface area (Å²) in [6.45, 7) is 3.44. The summed E-state index contributed by atoms with van der Waals surface area (Å²) in [5.74, 6) is -0.348. The Hall–Kier alpha value is -4.59. The average Bonchev–Trinajstić information content (AvgIpc) is 2.90. The smallest absolute Gasteiger partial charge is 0.356 e. The van der Waals surface area contributed by atoms with Crippen molar-refractivity contribution in [1.82, 2.24) is 4.57 Å². The number of ether oxygens (including phenoxy) is 3. The normalized spacial score (nSPS) is 11.6. The number of hydrogen-bond donors (Lipinski definition) is 1. The number of carbonyl (C=O) groups excluding carboxylic acids is 2. The second-order valence-corrected chi connectivity index (χ2v) is 8.64. The lowest BCUT2D eigenvalue weighted by molar-refractivity contribution is -0.123. The zero-order valence-corrected chi connectivity index (χ0v) is 21.3. The summed E-state index contributed by atoms with van der Waals surface area (Å²) in [4.78, 5) is 39.5. The molecular formula is C29H28N2O6. The number of amides is 1. The van der Waals surface area contributed by atoms with Gasteiger partial charge in [-0.25, -0.2) is 4.79 Å². The molecule has 0 bridgehead atoms.